The Bertz CT molecular complexity index is 560. The minimum absolute atomic E-state index is 0.132. The average molecular weight is 314 g/mol. The maximum atomic E-state index is 12.3. The fraction of sp³-hybridized carbons (Fsp3) is 0.571. The summed E-state index contributed by atoms with van der Waals surface area (Å²) in [4.78, 5) is 1.02. The molecule has 1 saturated heterocycles. The highest BCUT2D eigenvalue weighted by Crippen LogP contribution is 2.27. The van der Waals surface area contributed by atoms with E-state index >= 15 is 0 Å². The van der Waals surface area contributed by atoms with Gasteiger partial charge in [0.05, 0.1) is 5.75 Å². The molecule has 4 nitrogen and oxygen atoms in total. The molecule has 0 radical (unpaired) electrons. The summed E-state index contributed by atoms with van der Waals surface area (Å²) in [6.45, 7) is 4.76. The van der Waals surface area contributed by atoms with Crippen molar-refractivity contribution in [2.24, 2.45) is 5.92 Å². The van der Waals surface area contributed by atoms with E-state index in [1.165, 1.54) is 11.8 Å². The van der Waals surface area contributed by atoms with Gasteiger partial charge in [-0.05, 0) is 37.5 Å². The van der Waals surface area contributed by atoms with E-state index in [-0.39, 0.29) is 11.8 Å². The number of sulfonamides is 1. The van der Waals surface area contributed by atoms with Gasteiger partial charge in [-0.15, -0.1) is 11.8 Å². The Hall–Kier alpha value is -0.720. The number of benzene rings is 1. The first-order chi connectivity index (χ1) is 9.38. The van der Waals surface area contributed by atoms with Gasteiger partial charge in [0.25, 0.3) is 0 Å². The van der Waals surface area contributed by atoms with Gasteiger partial charge in [-0.1, -0.05) is 13.0 Å². The van der Waals surface area contributed by atoms with Gasteiger partial charge in [-0.3, -0.25) is 0 Å². The van der Waals surface area contributed by atoms with Crippen LogP contribution in [0.2, 0.25) is 0 Å². The van der Waals surface area contributed by atoms with E-state index in [0.717, 1.165) is 11.3 Å². The lowest BCUT2D eigenvalue weighted by Gasteiger charge is -2.20. The monoisotopic (exact) mass is 314 g/mol. The number of anilines is 1. The Labute approximate surface area is 125 Å². The first-order valence-electron chi connectivity index (χ1n) is 6.86. The summed E-state index contributed by atoms with van der Waals surface area (Å²) in [5, 5.41) is 0. The summed E-state index contributed by atoms with van der Waals surface area (Å²) in [7, 11) is -3.14. The first-order valence-corrected chi connectivity index (χ1v) is 9.46. The van der Waals surface area contributed by atoms with Crippen LogP contribution in [0.3, 0.4) is 0 Å². The van der Waals surface area contributed by atoms with Gasteiger partial charge in [0.2, 0.25) is 10.0 Å². The second-order valence-corrected chi connectivity index (χ2v) is 8.71. The molecule has 0 amide bonds. The Balaban J connectivity index is 1.90. The molecular formula is C14H22N2O2S2. The van der Waals surface area contributed by atoms with Gasteiger partial charge < -0.3 is 5.73 Å². The van der Waals surface area contributed by atoms with Crippen LogP contribution >= 0.6 is 11.8 Å². The number of hydrogen-bond donors (Lipinski definition) is 1. The van der Waals surface area contributed by atoms with E-state index in [0.29, 0.717) is 23.9 Å². The zero-order valence-corrected chi connectivity index (χ0v) is 13.6. The third-order valence-electron chi connectivity index (χ3n) is 3.55. The second kappa shape index (κ2) is 6.37. The van der Waals surface area contributed by atoms with E-state index in [4.69, 9.17) is 5.73 Å². The van der Waals surface area contributed by atoms with Crippen molar-refractivity contribution in [3.8, 4) is 0 Å². The zero-order chi connectivity index (χ0) is 14.8. The Morgan fingerprint density at radius 1 is 1.40 bits per heavy atom. The lowest BCUT2D eigenvalue weighted by Crippen LogP contribution is -2.36. The number of hydrogen-bond acceptors (Lipinski definition) is 4. The van der Waals surface area contributed by atoms with Gasteiger partial charge >= 0.3 is 0 Å². The van der Waals surface area contributed by atoms with Crippen molar-refractivity contribution in [3.63, 3.8) is 0 Å². The fourth-order valence-corrected chi connectivity index (χ4v) is 5.79. The van der Waals surface area contributed by atoms with Gasteiger partial charge in [0.15, 0.2) is 0 Å². The molecule has 20 heavy (non-hydrogen) atoms. The van der Waals surface area contributed by atoms with Crippen molar-refractivity contribution in [1.29, 1.82) is 0 Å². The predicted molar refractivity (Wildman–Crippen MR) is 85.3 cm³/mol. The van der Waals surface area contributed by atoms with Crippen molar-refractivity contribution in [2.45, 2.75) is 31.2 Å². The van der Waals surface area contributed by atoms with Crippen LogP contribution < -0.4 is 5.73 Å². The number of thioether (sulfide) groups is 1. The Morgan fingerprint density at radius 3 is 2.75 bits per heavy atom. The molecule has 1 aliphatic heterocycles. The molecule has 2 atom stereocenters. The molecule has 2 unspecified atom stereocenters. The van der Waals surface area contributed by atoms with Crippen LogP contribution in [0.5, 0.6) is 0 Å². The predicted octanol–water partition coefficient (Wildman–Crippen LogP) is 2.42. The van der Waals surface area contributed by atoms with Gasteiger partial charge in [0, 0.05) is 28.9 Å². The largest absolute Gasteiger partial charge is 0.399 e. The van der Waals surface area contributed by atoms with Crippen molar-refractivity contribution in [1.82, 2.24) is 4.31 Å². The summed E-state index contributed by atoms with van der Waals surface area (Å²) in [5.74, 6) is 1.20. The molecule has 0 bridgehead atoms. The van der Waals surface area contributed by atoms with E-state index in [9.17, 15) is 8.42 Å². The van der Waals surface area contributed by atoms with Gasteiger partial charge in [-0.2, -0.15) is 4.31 Å². The number of nitrogens with two attached hydrogens (primary N) is 1. The standard InChI is InChI=1S/C14H22N2O2S2/c1-11-8-12(2)16(10-11)20(17,18)7-6-19-14-5-3-4-13(15)9-14/h3-5,9,11-12H,6-8,10,15H2,1-2H3. The van der Waals surface area contributed by atoms with Crippen LogP contribution in [0.4, 0.5) is 5.69 Å². The maximum absolute atomic E-state index is 12.3. The van der Waals surface area contributed by atoms with E-state index in [1.54, 1.807) is 4.31 Å². The molecule has 2 N–H and O–H groups in total. The van der Waals surface area contributed by atoms with Crippen molar-refractivity contribution >= 4 is 27.5 Å². The summed E-state index contributed by atoms with van der Waals surface area (Å²) in [5.41, 5.74) is 6.42. The van der Waals surface area contributed by atoms with Crippen molar-refractivity contribution < 1.29 is 8.42 Å². The molecule has 0 saturated carbocycles. The highest BCUT2D eigenvalue weighted by molar-refractivity contribution is 8.00. The fourth-order valence-electron chi connectivity index (χ4n) is 2.64. The minimum atomic E-state index is -3.14. The highest BCUT2D eigenvalue weighted by atomic mass is 32.2. The average Bonchev–Trinajstić information content (AvgIpc) is 2.69. The Kier molecular flexibility index (Phi) is 4.99. The quantitative estimate of drug-likeness (QED) is 0.670. The summed E-state index contributed by atoms with van der Waals surface area (Å²) in [6, 6.07) is 7.67. The van der Waals surface area contributed by atoms with Crippen LogP contribution in [-0.4, -0.2) is 36.8 Å². The molecule has 6 heteroatoms. The zero-order valence-electron chi connectivity index (χ0n) is 12.0. The molecule has 1 heterocycles. The van der Waals surface area contributed by atoms with Crippen LogP contribution in [0, 0.1) is 5.92 Å². The van der Waals surface area contributed by atoms with E-state index in [2.05, 4.69) is 6.92 Å². The Morgan fingerprint density at radius 2 is 2.15 bits per heavy atom. The maximum Gasteiger partial charge on any atom is 0.215 e. The molecule has 1 aliphatic rings. The SMILES string of the molecule is CC1CC(C)N(S(=O)(=O)CCSc2cccc(N)c2)C1. The lowest BCUT2D eigenvalue weighted by atomic mass is 10.1. The molecule has 2 rings (SSSR count). The molecular weight excluding hydrogens is 292 g/mol. The normalized spacial score (nSPS) is 24.1. The van der Waals surface area contributed by atoms with Crippen molar-refractivity contribution in [2.75, 3.05) is 23.8 Å². The molecule has 1 aromatic carbocycles. The smallest absolute Gasteiger partial charge is 0.215 e. The number of rotatable bonds is 5. The molecule has 0 aliphatic carbocycles. The van der Waals surface area contributed by atoms with Crippen LogP contribution in [0.25, 0.3) is 0 Å². The molecule has 1 aromatic rings. The van der Waals surface area contributed by atoms with Crippen LogP contribution in [0.15, 0.2) is 29.2 Å². The van der Waals surface area contributed by atoms with Gasteiger partial charge in [0.1, 0.15) is 0 Å². The summed E-state index contributed by atoms with van der Waals surface area (Å²) >= 11 is 1.54. The summed E-state index contributed by atoms with van der Waals surface area (Å²) in [6.07, 6.45) is 0.960. The van der Waals surface area contributed by atoms with Crippen LogP contribution in [0.1, 0.15) is 20.3 Å². The summed E-state index contributed by atoms with van der Waals surface area (Å²) < 4.78 is 26.3. The molecule has 0 aromatic heterocycles. The number of nitrogen functional groups attached to an aromatic ring is 1. The highest BCUT2D eigenvalue weighted by Gasteiger charge is 2.34. The van der Waals surface area contributed by atoms with Crippen molar-refractivity contribution in [3.05, 3.63) is 24.3 Å². The second-order valence-electron chi connectivity index (χ2n) is 5.50. The minimum Gasteiger partial charge on any atom is -0.399 e. The van der Waals surface area contributed by atoms with Crippen LogP contribution in [-0.2, 0) is 10.0 Å². The first kappa shape index (κ1) is 15.7. The number of nitrogens with zero attached hydrogens (tertiary/aromatic N) is 1. The molecule has 1 fully saturated rings. The molecule has 112 valence electrons. The topological polar surface area (TPSA) is 63.4 Å². The van der Waals surface area contributed by atoms with Gasteiger partial charge in [-0.25, -0.2) is 8.42 Å². The lowest BCUT2D eigenvalue weighted by molar-refractivity contribution is 0.406. The third kappa shape index (κ3) is 3.90. The van der Waals surface area contributed by atoms with E-state index in [1.807, 2.05) is 31.2 Å². The molecule has 0 spiro atoms. The third-order valence-corrected chi connectivity index (χ3v) is 6.75. The van der Waals surface area contributed by atoms with E-state index < -0.39 is 10.0 Å².